The molecule has 0 radical (unpaired) electrons. The zero-order valence-corrected chi connectivity index (χ0v) is 23.2. The molecule has 0 unspecified atom stereocenters. The maximum atomic E-state index is 14.9. The lowest BCUT2D eigenvalue weighted by Crippen LogP contribution is -2.40. The van der Waals surface area contributed by atoms with Gasteiger partial charge in [0.25, 0.3) is 0 Å². The Morgan fingerprint density at radius 3 is 2.33 bits per heavy atom. The van der Waals surface area contributed by atoms with Gasteiger partial charge in [0.05, 0.1) is 5.69 Å². The highest BCUT2D eigenvalue weighted by atomic mass is 19.1. The molecule has 2 fully saturated rings. The fraction of sp³-hybridized carbons (Fsp3) is 0.333. The summed E-state index contributed by atoms with van der Waals surface area (Å²) < 4.78 is 33.8. The number of aromatic nitrogens is 1. The Morgan fingerprint density at radius 1 is 0.952 bits per heavy atom. The zero-order chi connectivity index (χ0) is 29.7. The largest absolute Gasteiger partial charge is 0.457 e. The van der Waals surface area contributed by atoms with Crippen molar-refractivity contribution < 1.29 is 27.9 Å². The van der Waals surface area contributed by atoms with E-state index in [9.17, 15) is 23.2 Å². The highest BCUT2D eigenvalue weighted by molar-refractivity contribution is 6.16. The number of likely N-dealkylation sites (tertiary alicyclic amines) is 1. The van der Waals surface area contributed by atoms with Crippen molar-refractivity contribution in [2.45, 2.75) is 25.7 Å². The molecule has 1 aromatic heterocycles. The summed E-state index contributed by atoms with van der Waals surface area (Å²) >= 11 is 0. The Morgan fingerprint density at radius 2 is 1.67 bits per heavy atom. The van der Waals surface area contributed by atoms with Crippen LogP contribution in [0.25, 0.3) is 0 Å². The third-order valence-corrected chi connectivity index (χ3v) is 7.38. The van der Waals surface area contributed by atoms with Crippen LogP contribution in [0.2, 0.25) is 0 Å². The van der Waals surface area contributed by atoms with Crippen LogP contribution in [0.3, 0.4) is 0 Å². The number of carbonyl (C=O) groups is 3. The molecular weight excluding hydrogens is 546 g/mol. The topological polar surface area (TPSA) is 116 Å². The van der Waals surface area contributed by atoms with Crippen molar-refractivity contribution in [1.29, 1.82) is 0 Å². The molecule has 3 aromatic rings. The predicted molar refractivity (Wildman–Crippen MR) is 153 cm³/mol. The number of carbonyl (C=O) groups excluding carboxylic acids is 3. The van der Waals surface area contributed by atoms with Crippen LogP contribution < -0.4 is 20.7 Å². The van der Waals surface area contributed by atoms with E-state index >= 15 is 0 Å². The molecule has 3 N–H and O–H groups in total. The van der Waals surface area contributed by atoms with Crippen LogP contribution in [-0.4, -0.2) is 65.9 Å². The second-order valence-electron chi connectivity index (χ2n) is 10.5. The van der Waals surface area contributed by atoms with Gasteiger partial charge in [-0.2, -0.15) is 0 Å². The Hall–Kier alpha value is -4.58. The number of rotatable bonds is 11. The van der Waals surface area contributed by atoms with Crippen LogP contribution in [0, 0.1) is 17.0 Å². The molecule has 0 atom stereocenters. The molecule has 42 heavy (non-hydrogen) atoms. The molecule has 0 bridgehead atoms. The number of nitrogens with zero attached hydrogens (tertiary/aromatic N) is 3. The predicted octanol–water partition coefficient (Wildman–Crippen LogP) is 5.07. The summed E-state index contributed by atoms with van der Waals surface area (Å²) in [5.74, 6) is -1.60. The Kier molecular flexibility index (Phi) is 8.62. The summed E-state index contributed by atoms with van der Waals surface area (Å²) in [7, 11) is 1.72. The van der Waals surface area contributed by atoms with Gasteiger partial charge in [0.15, 0.2) is 0 Å². The number of urea groups is 1. The Labute approximate surface area is 242 Å². The van der Waals surface area contributed by atoms with Gasteiger partial charge < -0.3 is 25.2 Å². The van der Waals surface area contributed by atoms with Gasteiger partial charge in [-0.1, -0.05) is 0 Å². The van der Waals surface area contributed by atoms with E-state index in [1.165, 1.54) is 55.1 Å². The van der Waals surface area contributed by atoms with E-state index < -0.39 is 28.9 Å². The molecule has 10 nitrogen and oxygen atoms in total. The number of benzene rings is 2. The van der Waals surface area contributed by atoms with Crippen molar-refractivity contribution in [3.8, 4) is 11.5 Å². The molecule has 2 aliphatic rings. The van der Waals surface area contributed by atoms with Gasteiger partial charge in [-0.3, -0.25) is 14.9 Å². The van der Waals surface area contributed by atoms with Crippen molar-refractivity contribution >= 4 is 35.0 Å². The molecular formula is C30H32F2N6O4. The Balaban J connectivity index is 1.14. The molecule has 0 spiro atoms. The number of ether oxygens (including phenoxy) is 1. The maximum Gasteiger partial charge on any atom is 0.322 e. The lowest BCUT2D eigenvalue weighted by atomic mass is 10.0. The summed E-state index contributed by atoms with van der Waals surface area (Å²) in [5, 5.41) is 7.84. The molecule has 5 rings (SSSR count). The average molecular weight is 579 g/mol. The van der Waals surface area contributed by atoms with Crippen LogP contribution in [0.15, 0.2) is 60.8 Å². The van der Waals surface area contributed by atoms with Gasteiger partial charge in [-0.25, -0.2) is 18.6 Å². The number of amides is 4. The van der Waals surface area contributed by atoms with Crippen LogP contribution in [0.5, 0.6) is 11.5 Å². The minimum Gasteiger partial charge on any atom is -0.457 e. The van der Waals surface area contributed by atoms with Crippen molar-refractivity contribution in [3.63, 3.8) is 0 Å². The summed E-state index contributed by atoms with van der Waals surface area (Å²) in [6.45, 7) is 3.81. The molecule has 2 heterocycles. The number of nitrogens with one attached hydrogen (secondary N) is 3. The first-order chi connectivity index (χ1) is 20.2. The summed E-state index contributed by atoms with van der Waals surface area (Å²) in [6.07, 6.45) is 4.20. The van der Waals surface area contributed by atoms with Crippen molar-refractivity contribution in [2.75, 3.05) is 49.2 Å². The lowest BCUT2D eigenvalue weighted by molar-refractivity contribution is -0.131. The quantitative estimate of drug-likeness (QED) is 0.274. The fourth-order valence-corrected chi connectivity index (χ4v) is 4.49. The first-order valence-corrected chi connectivity index (χ1v) is 13.8. The fourth-order valence-electron chi connectivity index (χ4n) is 4.49. The zero-order valence-electron chi connectivity index (χ0n) is 23.2. The molecule has 4 amide bonds. The molecule has 12 heteroatoms. The van der Waals surface area contributed by atoms with Gasteiger partial charge in [-0.15, -0.1) is 0 Å². The van der Waals surface area contributed by atoms with E-state index in [0.29, 0.717) is 30.8 Å². The molecule has 1 saturated heterocycles. The maximum absolute atomic E-state index is 14.9. The molecule has 1 aliphatic heterocycles. The third kappa shape index (κ3) is 7.00. The van der Waals surface area contributed by atoms with Crippen LogP contribution in [0.4, 0.5) is 30.8 Å². The van der Waals surface area contributed by atoms with Gasteiger partial charge in [0.1, 0.15) is 34.4 Å². The minimum absolute atomic E-state index is 0.104. The SMILES string of the molecule is CN(CCCN1CCC1)C(=O)Nc1cc(Oc2ccc(NC(=O)C3(C(=O)Nc4ccc(F)cc4)CC3)c(F)c2)ccn1. The number of pyridine rings is 1. The third-order valence-electron chi connectivity index (χ3n) is 7.38. The van der Waals surface area contributed by atoms with Gasteiger partial charge >= 0.3 is 6.03 Å². The summed E-state index contributed by atoms with van der Waals surface area (Å²) in [5.41, 5.74) is -1.07. The average Bonchev–Trinajstić information content (AvgIpc) is 3.75. The lowest BCUT2D eigenvalue weighted by Gasteiger charge is -2.31. The normalized spacial score (nSPS) is 15.2. The van der Waals surface area contributed by atoms with Crippen molar-refractivity contribution in [1.82, 2.24) is 14.8 Å². The molecule has 1 saturated carbocycles. The van der Waals surface area contributed by atoms with Gasteiger partial charge in [0.2, 0.25) is 11.8 Å². The smallest absolute Gasteiger partial charge is 0.322 e. The standard InChI is InChI=1S/C30H32F2N6O4/c1-37(14-2-15-38-16-3-17-38)29(41)36-26-19-23(10-13-33-26)42-22-8-9-25(24(32)18-22)35-28(40)30(11-12-30)27(39)34-21-6-4-20(31)5-7-21/h4-10,13,18-19H,2-3,11-12,14-17H2,1H3,(H,34,39)(H,35,40)(H,33,36,41). The van der Waals surface area contributed by atoms with E-state index in [1.807, 2.05) is 0 Å². The highest BCUT2D eigenvalue weighted by Crippen LogP contribution is 2.47. The first-order valence-electron chi connectivity index (χ1n) is 13.8. The van der Waals surface area contributed by atoms with Gasteiger partial charge in [0, 0.05) is 37.6 Å². The Bertz CT molecular complexity index is 1460. The van der Waals surface area contributed by atoms with Crippen LogP contribution in [0.1, 0.15) is 25.7 Å². The molecule has 1 aliphatic carbocycles. The minimum atomic E-state index is -1.32. The number of halogens is 2. The van der Waals surface area contributed by atoms with E-state index in [-0.39, 0.29) is 23.3 Å². The second kappa shape index (κ2) is 12.5. The van der Waals surface area contributed by atoms with E-state index in [0.717, 1.165) is 32.1 Å². The van der Waals surface area contributed by atoms with Crippen LogP contribution >= 0.6 is 0 Å². The molecule has 2 aromatic carbocycles. The summed E-state index contributed by atoms with van der Waals surface area (Å²) in [6, 6.07) is 11.9. The van der Waals surface area contributed by atoms with E-state index in [2.05, 4.69) is 25.8 Å². The highest BCUT2D eigenvalue weighted by Gasteiger charge is 2.56. The van der Waals surface area contributed by atoms with Crippen molar-refractivity contribution in [2.24, 2.45) is 5.41 Å². The van der Waals surface area contributed by atoms with Crippen molar-refractivity contribution in [3.05, 3.63) is 72.4 Å². The van der Waals surface area contributed by atoms with Crippen LogP contribution in [-0.2, 0) is 9.59 Å². The molecule has 220 valence electrons. The number of hydrogen-bond donors (Lipinski definition) is 3. The number of anilines is 3. The van der Waals surface area contributed by atoms with Gasteiger partial charge in [-0.05, 0) is 87.8 Å². The summed E-state index contributed by atoms with van der Waals surface area (Å²) in [4.78, 5) is 46.3. The second-order valence-corrected chi connectivity index (χ2v) is 10.5. The monoisotopic (exact) mass is 578 g/mol. The van der Waals surface area contributed by atoms with E-state index in [1.54, 1.807) is 18.0 Å². The number of hydrogen-bond acceptors (Lipinski definition) is 6. The van der Waals surface area contributed by atoms with E-state index in [4.69, 9.17) is 4.74 Å². The first kappa shape index (κ1) is 28.9.